The van der Waals surface area contributed by atoms with E-state index in [9.17, 15) is 13.2 Å². The molecule has 0 unspecified atom stereocenters. The number of anilines is 1. The van der Waals surface area contributed by atoms with E-state index in [1.165, 1.54) is 21.3 Å². The van der Waals surface area contributed by atoms with E-state index in [4.69, 9.17) is 14.2 Å². The molecular weight excluding hydrogens is 464 g/mol. The lowest BCUT2D eigenvalue weighted by Gasteiger charge is -2.22. The molecule has 0 spiro atoms. The molecule has 29 heavy (non-hydrogen) atoms. The second-order valence-electron chi connectivity index (χ2n) is 6.06. The molecule has 2 rings (SSSR count). The van der Waals surface area contributed by atoms with Gasteiger partial charge < -0.3 is 19.5 Å². The highest BCUT2D eigenvalue weighted by Crippen LogP contribution is 2.38. The average molecular weight is 487 g/mol. The van der Waals surface area contributed by atoms with Crippen LogP contribution in [0.5, 0.6) is 17.2 Å². The van der Waals surface area contributed by atoms with Crippen molar-refractivity contribution in [1.82, 2.24) is 5.32 Å². The molecule has 158 valence electrons. The van der Waals surface area contributed by atoms with Gasteiger partial charge in [-0.25, -0.2) is 8.42 Å². The molecule has 10 heteroatoms. The highest BCUT2D eigenvalue weighted by Gasteiger charge is 2.21. The van der Waals surface area contributed by atoms with Gasteiger partial charge in [-0.1, -0.05) is 22.0 Å². The third-order valence-corrected chi connectivity index (χ3v) is 5.63. The summed E-state index contributed by atoms with van der Waals surface area (Å²) in [5.41, 5.74) is 1.10. The van der Waals surface area contributed by atoms with Gasteiger partial charge in [0.15, 0.2) is 11.5 Å². The van der Waals surface area contributed by atoms with Gasteiger partial charge in [-0.3, -0.25) is 9.10 Å². The van der Waals surface area contributed by atoms with Crippen LogP contribution in [0.3, 0.4) is 0 Å². The number of carbonyl (C=O) groups is 1. The molecule has 8 nitrogen and oxygen atoms in total. The largest absolute Gasteiger partial charge is 0.493 e. The Morgan fingerprint density at radius 1 is 1.07 bits per heavy atom. The van der Waals surface area contributed by atoms with Crippen molar-refractivity contribution in [2.75, 3.05) is 38.4 Å². The van der Waals surface area contributed by atoms with Crippen LogP contribution in [0.4, 0.5) is 5.69 Å². The van der Waals surface area contributed by atoms with Crippen molar-refractivity contribution in [1.29, 1.82) is 0 Å². The predicted octanol–water partition coefficient (Wildman–Crippen LogP) is 2.56. The van der Waals surface area contributed by atoms with Gasteiger partial charge in [0.2, 0.25) is 21.7 Å². The van der Waals surface area contributed by atoms with Crippen molar-refractivity contribution in [3.63, 3.8) is 0 Å². The number of carbonyl (C=O) groups excluding carboxylic acids is 1. The van der Waals surface area contributed by atoms with Crippen LogP contribution in [-0.2, 0) is 21.4 Å². The van der Waals surface area contributed by atoms with E-state index >= 15 is 0 Å². The fourth-order valence-electron chi connectivity index (χ4n) is 2.66. The lowest BCUT2D eigenvalue weighted by molar-refractivity contribution is -0.119. The van der Waals surface area contributed by atoms with Gasteiger partial charge >= 0.3 is 0 Å². The second kappa shape index (κ2) is 9.84. The summed E-state index contributed by atoms with van der Waals surface area (Å²) >= 11 is 3.31. The summed E-state index contributed by atoms with van der Waals surface area (Å²) in [7, 11) is 0.859. The number of amides is 1. The van der Waals surface area contributed by atoms with Crippen molar-refractivity contribution in [2.45, 2.75) is 6.54 Å². The maximum atomic E-state index is 12.4. The molecule has 0 heterocycles. The first-order chi connectivity index (χ1) is 13.7. The molecule has 1 N–H and O–H groups in total. The smallest absolute Gasteiger partial charge is 0.241 e. The van der Waals surface area contributed by atoms with Gasteiger partial charge in [-0.2, -0.15) is 0 Å². The Kier molecular flexibility index (Phi) is 7.74. The van der Waals surface area contributed by atoms with Crippen LogP contribution in [-0.4, -0.2) is 48.5 Å². The first-order valence-electron chi connectivity index (χ1n) is 8.48. The molecule has 0 fully saturated rings. The Balaban J connectivity index is 2.15. The minimum absolute atomic E-state index is 0.158. The zero-order chi connectivity index (χ0) is 21.6. The van der Waals surface area contributed by atoms with Gasteiger partial charge in [0.25, 0.3) is 0 Å². The normalized spacial score (nSPS) is 10.9. The Morgan fingerprint density at radius 2 is 1.69 bits per heavy atom. The predicted molar refractivity (Wildman–Crippen MR) is 114 cm³/mol. The zero-order valence-corrected chi connectivity index (χ0v) is 19.0. The number of hydrogen-bond donors (Lipinski definition) is 1. The molecule has 0 aromatic heterocycles. The van der Waals surface area contributed by atoms with Crippen LogP contribution in [0.25, 0.3) is 0 Å². The molecule has 0 aliphatic heterocycles. The molecule has 0 aliphatic rings. The Bertz CT molecular complexity index is 955. The van der Waals surface area contributed by atoms with Crippen LogP contribution >= 0.6 is 15.9 Å². The lowest BCUT2D eigenvalue weighted by atomic mass is 10.1. The summed E-state index contributed by atoms with van der Waals surface area (Å²) in [4.78, 5) is 12.4. The van der Waals surface area contributed by atoms with Gasteiger partial charge in [-0.05, 0) is 35.9 Å². The first kappa shape index (κ1) is 22.8. The summed E-state index contributed by atoms with van der Waals surface area (Å²) < 4.78 is 42.0. The number of nitrogens with one attached hydrogen (secondary N) is 1. The van der Waals surface area contributed by atoms with Crippen LogP contribution in [0, 0.1) is 0 Å². The Morgan fingerprint density at radius 3 is 2.17 bits per heavy atom. The number of sulfonamides is 1. The van der Waals surface area contributed by atoms with Gasteiger partial charge in [0.1, 0.15) is 6.54 Å². The molecule has 1 amide bonds. The first-order valence-corrected chi connectivity index (χ1v) is 11.1. The number of rotatable bonds is 9. The van der Waals surface area contributed by atoms with Gasteiger partial charge in [0, 0.05) is 11.0 Å². The van der Waals surface area contributed by atoms with E-state index in [1.54, 1.807) is 36.4 Å². The highest BCUT2D eigenvalue weighted by atomic mass is 79.9. The lowest BCUT2D eigenvalue weighted by Crippen LogP contribution is -2.40. The minimum atomic E-state index is -3.65. The Labute approximate surface area is 178 Å². The minimum Gasteiger partial charge on any atom is -0.493 e. The van der Waals surface area contributed by atoms with Gasteiger partial charge in [0.05, 0.1) is 33.3 Å². The second-order valence-corrected chi connectivity index (χ2v) is 8.88. The SMILES string of the molecule is COc1cc(CNC(=O)CN(c2cccc(Br)c2)S(C)(=O)=O)cc(OC)c1OC. The molecule has 0 radical (unpaired) electrons. The summed E-state index contributed by atoms with van der Waals surface area (Å²) in [6.07, 6.45) is 1.06. The molecule has 0 bridgehead atoms. The average Bonchev–Trinajstić information content (AvgIpc) is 2.68. The monoisotopic (exact) mass is 486 g/mol. The van der Waals surface area contributed by atoms with E-state index in [0.29, 0.717) is 33.0 Å². The van der Waals surface area contributed by atoms with Crippen molar-refractivity contribution >= 4 is 37.5 Å². The molecule has 2 aromatic carbocycles. The summed E-state index contributed by atoms with van der Waals surface area (Å²) in [6.45, 7) is -0.189. The van der Waals surface area contributed by atoms with E-state index in [1.807, 2.05) is 0 Å². The topological polar surface area (TPSA) is 94.2 Å². The Hall–Kier alpha value is -2.46. The fraction of sp³-hybridized carbons (Fsp3) is 0.316. The van der Waals surface area contributed by atoms with Crippen LogP contribution in [0.2, 0.25) is 0 Å². The molecule has 0 aliphatic carbocycles. The third-order valence-electron chi connectivity index (χ3n) is 4.00. The summed E-state index contributed by atoms with van der Waals surface area (Å²) in [5.74, 6) is 0.915. The van der Waals surface area contributed by atoms with Crippen molar-refractivity contribution in [2.24, 2.45) is 0 Å². The number of nitrogens with zero attached hydrogens (tertiary/aromatic N) is 1. The maximum absolute atomic E-state index is 12.4. The number of ether oxygens (including phenoxy) is 3. The molecule has 0 saturated heterocycles. The van der Waals surface area contributed by atoms with E-state index in [0.717, 1.165) is 10.6 Å². The van der Waals surface area contributed by atoms with E-state index in [2.05, 4.69) is 21.2 Å². The van der Waals surface area contributed by atoms with Crippen molar-refractivity contribution < 1.29 is 27.4 Å². The van der Waals surface area contributed by atoms with Crippen LogP contribution in [0.15, 0.2) is 40.9 Å². The van der Waals surface area contributed by atoms with Gasteiger partial charge in [-0.15, -0.1) is 0 Å². The van der Waals surface area contributed by atoms with E-state index in [-0.39, 0.29) is 13.1 Å². The maximum Gasteiger partial charge on any atom is 0.241 e. The molecule has 2 aromatic rings. The highest BCUT2D eigenvalue weighted by molar-refractivity contribution is 9.10. The number of methoxy groups -OCH3 is 3. The van der Waals surface area contributed by atoms with Crippen LogP contribution in [0.1, 0.15) is 5.56 Å². The fourth-order valence-corrected chi connectivity index (χ4v) is 3.89. The molecule has 0 saturated carbocycles. The van der Waals surface area contributed by atoms with E-state index < -0.39 is 15.9 Å². The van der Waals surface area contributed by atoms with Crippen molar-refractivity contribution in [3.05, 3.63) is 46.4 Å². The number of benzene rings is 2. The van der Waals surface area contributed by atoms with Crippen molar-refractivity contribution in [3.8, 4) is 17.2 Å². The molecular formula is C19H23BrN2O6S. The molecule has 0 atom stereocenters. The summed E-state index contributed by atoms with van der Waals surface area (Å²) in [6, 6.07) is 10.2. The zero-order valence-electron chi connectivity index (χ0n) is 16.6. The third kappa shape index (κ3) is 6.01. The van der Waals surface area contributed by atoms with Crippen LogP contribution < -0.4 is 23.8 Å². The standard InChI is InChI=1S/C19H23BrN2O6S/c1-26-16-8-13(9-17(27-2)19(16)28-3)11-21-18(23)12-22(29(4,24)25)15-7-5-6-14(20)10-15/h5-10H,11-12H2,1-4H3,(H,21,23). The summed E-state index contributed by atoms with van der Waals surface area (Å²) in [5, 5.41) is 2.72. The number of hydrogen-bond acceptors (Lipinski definition) is 6. The number of halogens is 1. The quantitative estimate of drug-likeness (QED) is 0.585.